The van der Waals surface area contributed by atoms with Gasteiger partial charge >= 0.3 is 6.03 Å². The Morgan fingerprint density at radius 1 is 1.41 bits per heavy atom. The SMILES string of the molecule is Cc1csc(C(C)NC(=O)Nc2ccc(F)c(C(N)=O)c2)n1. The van der Waals surface area contributed by atoms with E-state index in [1.807, 2.05) is 12.3 Å². The van der Waals surface area contributed by atoms with E-state index < -0.39 is 17.8 Å². The molecule has 2 rings (SSSR count). The van der Waals surface area contributed by atoms with Crippen molar-refractivity contribution in [2.24, 2.45) is 5.73 Å². The van der Waals surface area contributed by atoms with Crippen LogP contribution in [0.5, 0.6) is 0 Å². The fraction of sp³-hybridized carbons (Fsp3) is 0.214. The second-order valence-corrected chi connectivity index (χ2v) is 5.60. The molecule has 4 N–H and O–H groups in total. The normalized spacial score (nSPS) is 11.8. The quantitative estimate of drug-likeness (QED) is 0.807. The molecule has 0 aliphatic carbocycles. The van der Waals surface area contributed by atoms with Gasteiger partial charge in [-0.2, -0.15) is 0 Å². The Morgan fingerprint density at radius 2 is 2.14 bits per heavy atom. The summed E-state index contributed by atoms with van der Waals surface area (Å²) in [4.78, 5) is 27.3. The van der Waals surface area contributed by atoms with Crippen LogP contribution in [0.15, 0.2) is 23.6 Å². The zero-order valence-corrected chi connectivity index (χ0v) is 12.8. The second kappa shape index (κ2) is 6.52. The van der Waals surface area contributed by atoms with E-state index in [-0.39, 0.29) is 17.3 Å². The van der Waals surface area contributed by atoms with Gasteiger partial charge in [-0.1, -0.05) is 0 Å². The highest BCUT2D eigenvalue weighted by molar-refractivity contribution is 7.09. The number of rotatable bonds is 4. The molecule has 0 fully saturated rings. The Hall–Kier alpha value is -2.48. The molecule has 0 aliphatic rings. The maximum Gasteiger partial charge on any atom is 0.319 e. The van der Waals surface area contributed by atoms with Crippen molar-refractivity contribution in [2.45, 2.75) is 19.9 Å². The van der Waals surface area contributed by atoms with Gasteiger partial charge in [-0.3, -0.25) is 4.79 Å². The third kappa shape index (κ3) is 3.79. The minimum atomic E-state index is -0.895. The molecule has 22 heavy (non-hydrogen) atoms. The number of hydrogen-bond donors (Lipinski definition) is 3. The number of primary amides is 1. The summed E-state index contributed by atoms with van der Waals surface area (Å²) in [5, 5.41) is 7.91. The molecule has 0 spiro atoms. The van der Waals surface area contributed by atoms with Crippen LogP contribution in [0.3, 0.4) is 0 Å². The Kier molecular flexibility index (Phi) is 4.71. The van der Waals surface area contributed by atoms with Gasteiger partial charge in [0, 0.05) is 16.8 Å². The van der Waals surface area contributed by atoms with Crippen LogP contribution in [-0.4, -0.2) is 16.9 Å². The van der Waals surface area contributed by atoms with Crippen molar-refractivity contribution in [1.29, 1.82) is 0 Å². The summed E-state index contributed by atoms with van der Waals surface area (Å²) in [6, 6.07) is 2.86. The summed E-state index contributed by atoms with van der Waals surface area (Å²) in [6.07, 6.45) is 0. The van der Waals surface area contributed by atoms with Gasteiger partial charge in [0.2, 0.25) is 0 Å². The van der Waals surface area contributed by atoms with Gasteiger partial charge in [0.25, 0.3) is 5.91 Å². The van der Waals surface area contributed by atoms with Crippen molar-refractivity contribution in [1.82, 2.24) is 10.3 Å². The van der Waals surface area contributed by atoms with Crippen LogP contribution in [0, 0.1) is 12.7 Å². The van der Waals surface area contributed by atoms with E-state index in [4.69, 9.17) is 5.73 Å². The number of carbonyl (C=O) groups excluding carboxylic acids is 2. The van der Waals surface area contributed by atoms with Crippen molar-refractivity contribution < 1.29 is 14.0 Å². The van der Waals surface area contributed by atoms with Gasteiger partial charge in [0.1, 0.15) is 10.8 Å². The molecule has 0 saturated carbocycles. The van der Waals surface area contributed by atoms with Gasteiger partial charge < -0.3 is 16.4 Å². The molecule has 1 atom stereocenters. The molecule has 1 heterocycles. The van der Waals surface area contributed by atoms with E-state index in [1.165, 1.54) is 23.5 Å². The van der Waals surface area contributed by atoms with Crippen molar-refractivity contribution in [2.75, 3.05) is 5.32 Å². The maximum absolute atomic E-state index is 13.4. The third-order valence-corrected chi connectivity index (χ3v) is 3.99. The average molecular weight is 322 g/mol. The molecule has 6 nitrogen and oxygen atoms in total. The highest BCUT2D eigenvalue weighted by Gasteiger charge is 2.14. The number of nitrogens with one attached hydrogen (secondary N) is 2. The lowest BCUT2D eigenvalue weighted by Crippen LogP contribution is -2.31. The van der Waals surface area contributed by atoms with Crippen LogP contribution in [-0.2, 0) is 0 Å². The van der Waals surface area contributed by atoms with Crippen molar-refractivity contribution in [3.05, 3.63) is 45.7 Å². The third-order valence-electron chi connectivity index (χ3n) is 2.84. The summed E-state index contributed by atoms with van der Waals surface area (Å²) >= 11 is 1.45. The molecule has 8 heteroatoms. The molecule has 0 radical (unpaired) electrons. The first-order valence-electron chi connectivity index (χ1n) is 6.45. The number of nitrogens with two attached hydrogens (primary N) is 1. The largest absolute Gasteiger partial charge is 0.366 e. The Morgan fingerprint density at radius 3 is 2.73 bits per heavy atom. The summed E-state index contributed by atoms with van der Waals surface area (Å²) < 4.78 is 13.4. The van der Waals surface area contributed by atoms with E-state index in [0.29, 0.717) is 0 Å². The standard InChI is InChI=1S/C14H15FN4O2S/c1-7-6-22-13(17-7)8(2)18-14(21)19-9-3-4-11(15)10(5-9)12(16)20/h3-6,8H,1-2H3,(H2,16,20)(H2,18,19,21). The lowest BCUT2D eigenvalue weighted by Gasteiger charge is -2.13. The molecular formula is C14H15FN4O2S. The lowest BCUT2D eigenvalue weighted by molar-refractivity contribution is 0.0996. The predicted molar refractivity (Wildman–Crippen MR) is 82.3 cm³/mol. The highest BCUT2D eigenvalue weighted by atomic mass is 32.1. The average Bonchev–Trinajstić information content (AvgIpc) is 2.87. The van der Waals surface area contributed by atoms with Crippen LogP contribution < -0.4 is 16.4 Å². The summed E-state index contributed by atoms with van der Waals surface area (Å²) in [5.74, 6) is -1.63. The first kappa shape index (κ1) is 15.9. The van der Waals surface area contributed by atoms with Crippen LogP contribution in [0.2, 0.25) is 0 Å². The number of benzene rings is 1. The minimum Gasteiger partial charge on any atom is -0.366 e. The number of urea groups is 1. The molecule has 1 aromatic heterocycles. The van der Waals surface area contributed by atoms with E-state index in [2.05, 4.69) is 15.6 Å². The molecule has 3 amide bonds. The summed E-state index contributed by atoms with van der Waals surface area (Å²) in [7, 11) is 0. The second-order valence-electron chi connectivity index (χ2n) is 4.71. The van der Waals surface area contributed by atoms with E-state index in [1.54, 1.807) is 6.92 Å². The van der Waals surface area contributed by atoms with Gasteiger partial charge in [0.15, 0.2) is 0 Å². The van der Waals surface area contributed by atoms with Gasteiger partial charge in [-0.15, -0.1) is 11.3 Å². The molecule has 0 bridgehead atoms. The number of aromatic nitrogens is 1. The predicted octanol–water partition coefficient (Wildman–Crippen LogP) is 2.57. The molecule has 2 aromatic rings. The summed E-state index contributed by atoms with van der Waals surface area (Å²) in [5.41, 5.74) is 5.94. The zero-order valence-electron chi connectivity index (χ0n) is 12.0. The number of halogens is 1. The number of nitrogens with zero attached hydrogens (tertiary/aromatic N) is 1. The Labute approximate surface area is 130 Å². The zero-order chi connectivity index (χ0) is 16.3. The molecule has 1 aromatic carbocycles. The van der Waals surface area contributed by atoms with Crippen molar-refractivity contribution in [3.8, 4) is 0 Å². The number of aryl methyl sites for hydroxylation is 1. The van der Waals surface area contributed by atoms with Gasteiger partial charge in [-0.25, -0.2) is 14.2 Å². The number of amides is 3. The molecule has 1 unspecified atom stereocenters. The topological polar surface area (TPSA) is 97.1 Å². The van der Waals surface area contributed by atoms with Gasteiger partial charge in [0.05, 0.1) is 11.6 Å². The van der Waals surface area contributed by atoms with Crippen molar-refractivity contribution >= 4 is 29.0 Å². The van der Waals surface area contributed by atoms with Crippen LogP contribution in [0.25, 0.3) is 0 Å². The number of anilines is 1. The van der Waals surface area contributed by atoms with Crippen LogP contribution >= 0.6 is 11.3 Å². The van der Waals surface area contributed by atoms with Crippen LogP contribution in [0.4, 0.5) is 14.9 Å². The molecule has 0 saturated heterocycles. The molecular weight excluding hydrogens is 307 g/mol. The van der Waals surface area contributed by atoms with Gasteiger partial charge in [-0.05, 0) is 32.0 Å². The minimum absolute atomic E-state index is 0.269. The smallest absolute Gasteiger partial charge is 0.319 e. The first-order valence-corrected chi connectivity index (χ1v) is 7.33. The molecule has 0 aliphatic heterocycles. The number of thiazole rings is 1. The van der Waals surface area contributed by atoms with E-state index in [9.17, 15) is 14.0 Å². The lowest BCUT2D eigenvalue weighted by atomic mass is 10.2. The highest BCUT2D eigenvalue weighted by Crippen LogP contribution is 2.18. The number of hydrogen-bond acceptors (Lipinski definition) is 4. The Bertz CT molecular complexity index is 717. The van der Waals surface area contributed by atoms with Crippen molar-refractivity contribution in [3.63, 3.8) is 0 Å². The number of carbonyl (C=O) groups is 2. The van der Waals surface area contributed by atoms with Crippen LogP contribution in [0.1, 0.15) is 34.0 Å². The fourth-order valence-corrected chi connectivity index (χ4v) is 2.59. The monoisotopic (exact) mass is 322 g/mol. The maximum atomic E-state index is 13.4. The molecule has 116 valence electrons. The van der Waals surface area contributed by atoms with E-state index >= 15 is 0 Å². The Balaban J connectivity index is 2.03. The fourth-order valence-electron chi connectivity index (χ4n) is 1.79. The summed E-state index contributed by atoms with van der Waals surface area (Å²) in [6.45, 7) is 3.67. The van der Waals surface area contributed by atoms with E-state index in [0.717, 1.165) is 16.8 Å². The first-order chi connectivity index (χ1) is 10.4.